The van der Waals surface area contributed by atoms with Crippen LogP contribution < -0.4 is 10.2 Å². The van der Waals surface area contributed by atoms with Crippen LogP contribution in [0, 0.1) is 0 Å². The monoisotopic (exact) mass is 232 g/mol. The summed E-state index contributed by atoms with van der Waals surface area (Å²) in [6.45, 7) is 1.97. The van der Waals surface area contributed by atoms with E-state index in [1.807, 2.05) is 6.07 Å². The Balaban J connectivity index is 1.84. The van der Waals surface area contributed by atoms with Gasteiger partial charge in [0.25, 0.3) is 0 Å². The fraction of sp³-hybridized carbons (Fsp3) is 0.462. The first-order valence-electron chi connectivity index (χ1n) is 6.05. The van der Waals surface area contributed by atoms with Crippen LogP contribution in [0.3, 0.4) is 0 Å². The van der Waals surface area contributed by atoms with Gasteiger partial charge in [-0.25, -0.2) is 0 Å². The Morgan fingerprint density at radius 1 is 1.29 bits per heavy atom. The lowest BCUT2D eigenvalue weighted by atomic mass is 10.1. The standard InChI is InChI=1S/C13H16N2O2/c16-8-9-1-4-12(5-13(9)17)15-6-10-2-3-11(7-15)14-10/h1,4-5,8,10-11,14,17H,2-3,6-7H2. The maximum absolute atomic E-state index is 10.6. The van der Waals surface area contributed by atoms with Gasteiger partial charge in [0.05, 0.1) is 5.56 Å². The molecule has 4 heteroatoms. The number of phenolic OH excluding ortho intramolecular Hbond substituents is 1. The maximum Gasteiger partial charge on any atom is 0.153 e. The number of carbonyl (C=O) groups is 1. The molecule has 1 aromatic rings. The molecule has 0 spiro atoms. The van der Waals surface area contributed by atoms with Crippen molar-refractivity contribution in [1.82, 2.24) is 5.32 Å². The van der Waals surface area contributed by atoms with Gasteiger partial charge in [-0.15, -0.1) is 0 Å². The summed E-state index contributed by atoms with van der Waals surface area (Å²) in [5.74, 6) is 0.0726. The molecule has 0 amide bonds. The molecule has 90 valence electrons. The van der Waals surface area contributed by atoms with Crippen molar-refractivity contribution in [3.05, 3.63) is 23.8 Å². The molecule has 2 aliphatic rings. The van der Waals surface area contributed by atoms with Gasteiger partial charge in [0.1, 0.15) is 5.75 Å². The first-order valence-corrected chi connectivity index (χ1v) is 6.05. The number of hydrogen-bond donors (Lipinski definition) is 2. The van der Waals surface area contributed by atoms with Gasteiger partial charge in [0.2, 0.25) is 0 Å². The van der Waals surface area contributed by atoms with Gasteiger partial charge in [-0.05, 0) is 25.0 Å². The van der Waals surface area contributed by atoms with Crippen LogP contribution in [0.2, 0.25) is 0 Å². The second kappa shape index (κ2) is 4.04. The molecular formula is C13H16N2O2. The maximum atomic E-state index is 10.6. The minimum atomic E-state index is 0.0726. The van der Waals surface area contributed by atoms with Crippen LogP contribution in [0.5, 0.6) is 5.75 Å². The van der Waals surface area contributed by atoms with Crippen LogP contribution in [-0.2, 0) is 0 Å². The van der Waals surface area contributed by atoms with Crippen LogP contribution >= 0.6 is 0 Å². The van der Waals surface area contributed by atoms with Crippen molar-refractivity contribution in [3.8, 4) is 5.75 Å². The molecule has 2 N–H and O–H groups in total. The van der Waals surface area contributed by atoms with Crippen LogP contribution in [0.25, 0.3) is 0 Å². The number of nitrogens with one attached hydrogen (secondary N) is 1. The second-order valence-electron chi connectivity index (χ2n) is 4.90. The molecule has 3 rings (SSSR count). The van der Waals surface area contributed by atoms with E-state index < -0.39 is 0 Å². The van der Waals surface area contributed by atoms with Crippen molar-refractivity contribution in [2.24, 2.45) is 0 Å². The van der Waals surface area contributed by atoms with Crippen LogP contribution in [-0.4, -0.2) is 36.6 Å². The lowest BCUT2D eigenvalue weighted by molar-refractivity contribution is 0.112. The Kier molecular flexibility index (Phi) is 2.52. The van der Waals surface area contributed by atoms with E-state index >= 15 is 0 Å². The zero-order valence-corrected chi connectivity index (χ0v) is 9.60. The molecule has 2 fully saturated rings. The van der Waals surface area contributed by atoms with E-state index in [2.05, 4.69) is 10.2 Å². The summed E-state index contributed by atoms with van der Waals surface area (Å²) < 4.78 is 0. The topological polar surface area (TPSA) is 52.6 Å². The number of fused-ring (bicyclic) bond motifs is 2. The Morgan fingerprint density at radius 2 is 2.00 bits per heavy atom. The quantitative estimate of drug-likeness (QED) is 0.751. The highest BCUT2D eigenvalue weighted by Crippen LogP contribution is 2.28. The first-order chi connectivity index (χ1) is 8.26. The summed E-state index contributed by atoms with van der Waals surface area (Å²) >= 11 is 0. The molecule has 0 aromatic heterocycles. The smallest absolute Gasteiger partial charge is 0.153 e. The molecule has 4 nitrogen and oxygen atoms in total. The molecule has 2 aliphatic heterocycles. The molecule has 0 aliphatic carbocycles. The highest BCUT2D eigenvalue weighted by molar-refractivity contribution is 5.80. The summed E-state index contributed by atoms with van der Waals surface area (Å²) in [6.07, 6.45) is 3.15. The normalized spacial score (nSPS) is 27.2. The van der Waals surface area contributed by atoms with Crippen molar-refractivity contribution in [1.29, 1.82) is 0 Å². The molecule has 2 atom stereocenters. The highest BCUT2D eigenvalue weighted by atomic mass is 16.3. The average molecular weight is 232 g/mol. The van der Waals surface area contributed by atoms with E-state index in [9.17, 15) is 9.90 Å². The van der Waals surface area contributed by atoms with E-state index in [1.165, 1.54) is 12.8 Å². The molecule has 2 unspecified atom stereocenters. The fourth-order valence-corrected chi connectivity index (χ4v) is 2.84. The predicted octanol–water partition coefficient (Wildman–Crippen LogP) is 1.15. The fourth-order valence-electron chi connectivity index (χ4n) is 2.84. The Hall–Kier alpha value is -1.55. The summed E-state index contributed by atoms with van der Waals surface area (Å²) in [6, 6.07) is 6.42. The third kappa shape index (κ3) is 1.89. The number of aldehydes is 1. The minimum Gasteiger partial charge on any atom is -0.507 e. The third-order valence-corrected chi connectivity index (χ3v) is 3.72. The Labute approximate surface area is 100 Å². The van der Waals surface area contributed by atoms with Crippen LogP contribution in [0.1, 0.15) is 23.2 Å². The lowest BCUT2D eigenvalue weighted by Gasteiger charge is -2.34. The SMILES string of the molecule is O=Cc1ccc(N2CC3CCC(C2)N3)cc1O. The number of aromatic hydroxyl groups is 1. The minimum absolute atomic E-state index is 0.0726. The number of anilines is 1. The predicted molar refractivity (Wildman–Crippen MR) is 65.7 cm³/mol. The molecule has 17 heavy (non-hydrogen) atoms. The molecule has 0 saturated carbocycles. The molecule has 2 saturated heterocycles. The molecule has 1 aromatic carbocycles. The molecule has 0 radical (unpaired) electrons. The van der Waals surface area contributed by atoms with E-state index in [1.54, 1.807) is 12.1 Å². The number of benzene rings is 1. The van der Waals surface area contributed by atoms with E-state index in [0.29, 0.717) is 23.9 Å². The summed E-state index contributed by atoms with van der Waals surface area (Å²) in [7, 11) is 0. The van der Waals surface area contributed by atoms with Crippen molar-refractivity contribution in [2.75, 3.05) is 18.0 Å². The zero-order chi connectivity index (χ0) is 11.8. The average Bonchev–Trinajstić information content (AvgIpc) is 2.68. The van der Waals surface area contributed by atoms with Gasteiger partial charge in [0.15, 0.2) is 6.29 Å². The van der Waals surface area contributed by atoms with Gasteiger partial charge in [-0.3, -0.25) is 4.79 Å². The van der Waals surface area contributed by atoms with Crippen LogP contribution in [0.4, 0.5) is 5.69 Å². The number of hydrogen-bond acceptors (Lipinski definition) is 4. The lowest BCUT2D eigenvalue weighted by Crippen LogP contribution is -2.51. The van der Waals surface area contributed by atoms with Crippen molar-refractivity contribution >= 4 is 12.0 Å². The van der Waals surface area contributed by atoms with Gasteiger partial charge in [0, 0.05) is 36.9 Å². The van der Waals surface area contributed by atoms with Crippen molar-refractivity contribution in [2.45, 2.75) is 24.9 Å². The molecular weight excluding hydrogens is 216 g/mol. The second-order valence-corrected chi connectivity index (χ2v) is 4.90. The van der Waals surface area contributed by atoms with Gasteiger partial charge < -0.3 is 15.3 Å². The van der Waals surface area contributed by atoms with Gasteiger partial charge >= 0.3 is 0 Å². The first kappa shape index (κ1) is 10.6. The summed E-state index contributed by atoms with van der Waals surface area (Å²) in [5, 5.41) is 13.3. The number of piperazine rings is 1. The third-order valence-electron chi connectivity index (χ3n) is 3.72. The number of phenols is 1. The number of nitrogens with zero attached hydrogens (tertiary/aromatic N) is 1. The summed E-state index contributed by atoms with van der Waals surface area (Å²) in [5.41, 5.74) is 1.36. The molecule has 2 heterocycles. The van der Waals surface area contributed by atoms with E-state index in [-0.39, 0.29) is 5.75 Å². The Morgan fingerprint density at radius 3 is 2.59 bits per heavy atom. The van der Waals surface area contributed by atoms with Crippen LogP contribution in [0.15, 0.2) is 18.2 Å². The van der Waals surface area contributed by atoms with Gasteiger partial charge in [-0.2, -0.15) is 0 Å². The Bertz CT molecular complexity index is 435. The number of rotatable bonds is 2. The zero-order valence-electron chi connectivity index (χ0n) is 9.60. The van der Waals surface area contributed by atoms with Crippen molar-refractivity contribution in [3.63, 3.8) is 0 Å². The van der Waals surface area contributed by atoms with Crippen molar-refractivity contribution < 1.29 is 9.90 Å². The van der Waals surface area contributed by atoms with E-state index in [4.69, 9.17) is 0 Å². The van der Waals surface area contributed by atoms with Gasteiger partial charge in [-0.1, -0.05) is 0 Å². The molecule has 2 bridgehead atoms. The largest absolute Gasteiger partial charge is 0.507 e. The summed E-state index contributed by atoms with van der Waals surface area (Å²) in [4.78, 5) is 12.9. The van der Waals surface area contributed by atoms with E-state index in [0.717, 1.165) is 18.8 Å². The highest BCUT2D eigenvalue weighted by Gasteiger charge is 2.32. The number of carbonyl (C=O) groups excluding carboxylic acids is 1.